The van der Waals surface area contributed by atoms with Crippen LogP contribution in [0.4, 0.5) is 5.69 Å². The number of nitrogens with two attached hydrogens (primary N) is 1. The minimum absolute atomic E-state index is 0.129. The van der Waals surface area contributed by atoms with E-state index in [0.717, 1.165) is 26.9 Å². The lowest BCUT2D eigenvalue weighted by molar-refractivity contribution is 0.0593. The van der Waals surface area contributed by atoms with E-state index in [0.29, 0.717) is 0 Å². The maximum atomic E-state index is 12.1. The van der Waals surface area contributed by atoms with Crippen molar-refractivity contribution in [2.75, 3.05) is 12.8 Å². The summed E-state index contributed by atoms with van der Waals surface area (Å²) in [5.74, 6) is -0.575. The summed E-state index contributed by atoms with van der Waals surface area (Å²) in [6, 6.07) is 4.01. The van der Waals surface area contributed by atoms with Crippen LogP contribution in [0.25, 0.3) is 5.69 Å². The van der Waals surface area contributed by atoms with Gasteiger partial charge >= 0.3 is 5.97 Å². The predicted molar refractivity (Wildman–Crippen MR) is 88.1 cm³/mol. The van der Waals surface area contributed by atoms with Crippen LogP contribution in [0.15, 0.2) is 16.7 Å². The summed E-state index contributed by atoms with van der Waals surface area (Å²) in [5, 5.41) is 9.19. The number of aryl methyl sites for hydroxylation is 2. The average Bonchev–Trinajstić information content (AvgIpc) is 2.80. The molecule has 0 aliphatic heterocycles. The molecular weight excluding hydrogens is 346 g/mol. The highest BCUT2D eigenvalue weighted by Gasteiger charge is 2.24. The Bertz CT molecular complexity index is 816. The van der Waals surface area contributed by atoms with Crippen molar-refractivity contribution in [2.45, 2.75) is 20.8 Å². The monoisotopic (exact) mass is 361 g/mol. The average molecular weight is 362 g/mol. The SMILES string of the molecule is COC(=O)c1c(N)c(C#N)cn1-c1c(C)cc(C)c(Br)c1C. The lowest BCUT2D eigenvalue weighted by Crippen LogP contribution is -2.13. The number of halogens is 1. The summed E-state index contributed by atoms with van der Waals surface area (Å²) in [4.78, 5) is 12.1. The molecule has 0 saturated heterocycles. The van der Waals surface area contributed by atoms with Crippen LogP contribution in [0.2, 0.25) is 0 Å². The second-order valence-electron chi connectivity index (χ2n) is 5.08. The molecule has 0 bridgehead atoms. The number of benzene rings is 1. The molecule has 5 nitrogen and oxygen atoms in total. The summed E-state index contributed by atoms with van der Waals surface area (Å²) in [6.45, 7) is 5.90. The molecule has 1 heterocycles. The zero-order chi connectivity index (χ0) is 16.6. The molecule has 114 valence electrons. The van der Waals surface area contributed by atoms with Crippen molar-refractivity contribution in [3.8, 4) is 11.8 Å². The van der Waals surface area contributed by atoms with Crippen molar-refractivity contribution in [1.29, 1.82) is 5.26 Å². The Labute approximate surface area is 137 Å². The maximum Gasteiger partial charge on any atom is 0.357 e. The van der Waals surface area contributed by atoms with Gasteiger partial charge in [0.1, 0.15) is 6.07 Å². The van der Waals surface area contributed by atoms with E-state index in [1.54, 1.807) is 10.8 Å². The van der Waals surface area contributed by atoms with E-state index in [1.165, 1.54) is 7.11 Å². The van der Waals surface area contributed by atoms with E-state index in [1.807, 2.05) is 32.9 Å². The van der Waals surface area contributed by atoms with Crippen LogP contribution in [0.5, 0.6) is 0 Å². The molecule has 1 aromatic heterocycles. The number of carbonyl (C=O) groups excluding carboxylic acids is 1. The van der Waals surface area contributed by atoms with Crippen LogP contribution >= 0.6 is 15.9 Å². The highest BCUT2D eigenvalue weighted by atomic mass is 79.9. The van der Waals surface area contributed by atoms with E-state index in [2.05, 4.69) is 15.9 Å². The van der Waals surface area contributed by atoms with Gasteiger partial charge in [-0.25, -0.2) is 4.79 Å². The number of anilines is 1. The Morgan fingerprint density at radius 1 is 1.36 bits per heavy atom. The number of nitrogen functional groups attached to an aromatic ring is 1. The fourth-order valence-electron chi connectivity index (χ4n) is 2.61. The highest BCUT2D eigenvalue weighted by molar-refractivity contribution is 9.10. The summed E-state index contributed by atoms with van der Waals surface area (Å²) in [6.07, 6.45) is 1.57. The lowest BCUT2D eigenvalue weighted by atomic mass is 10.0. The fourth-order valence-corrected chi connectivity index (χ4v) is 2.92. The van der Waals surface area contributed by atoms with E-state index >= 15 is 0 Å². The molecule has 0 spiro atoms. The number of nitriles is 1. The number of carbonyl (C=O) groups is 1. The Morgan fingerprint density at radius 3 is 2.55 bits per heavy atom. The van der Waals surface area contributed by atoms with Crippen LogP contribution in [0.1, 0.15) is 32.7 Å². The number of aromatic nitrogens is 1. The minimum Gasteiger partial charge on any atom is -0.464 e. The Balaban J connectivity index is 2.88. The first kappa shape index (κ1) is 16.1. The molecule has 0 radical (unpaired) electrons. The van der Waals surface area contributed by atoms with Crippen molar-refractivity contribution >= 4 is 27.6 Å². The summed E-state index contributed by atoms with van der Waals surface area (Å²) >= 11 is 3.56. The largest absolute Gasteiger partial charge is 0.464 e. The Kier molecular flexibility index (Phi) is 4.29. The van der Waals surface area contributed by atoms with Gasteiger partial charge in [-0.1, -0.05) is 22.0 Å². The van der Waals surface area contributed by atoms with E-state index in [9.17, 15) is 10.1 Å². The van der Waals surface area contributed by atoms with Crippen molar-refractivity contribution in [3.05, 3.63) is 44.7 Å². The summed E-state index contributed by atoms with van der Waals surface area (Å²) in [5.41, 5.74) is 10.3. The normalized spacial score (nSPS) is 10.4. The summed E-state index contributed by atoms with van der Waals surface area (Å²) < 4.78 is 7.40. The first-order valence-corrected chi connectivity index (χ1v) is 7.38. The highest BCUT2D eigenvalue weighted by Crippen LogP contribution is 2.33. The quantitative estimate of drug-likeness (QED) is 0.831. The third-order valence-corrected chi connectivity index (χ3v) is 4.84. The zero-order valence-corrected chi connectivity index (χ0v) is 14.4. The van der Waals surface area contributed by atoms with Crippen molar-refractivity contribution < 1.29 is 9.53 Å². The number of hydrogen-bond donors (Lipinski definition) is 1. The number of ether oxygens (including phenoxy) is 1. The number of esters is 1. The van der Waals surface area contributed by atoms with Gasteiger partial charge in [-0.05, 0) is 37.5 Å². The first-order valence-electron chi connectivity index (χ1n) is 6.59. The molecule has 0 atom stereocenters. The molecule has 1 aromatic carbocycles. The van der Waals surface area contributed by atoms with Crippen LogP contribution in [-0.4, -0.2) is 17.6 Å². The molecule has 2 aromatic rings. The van der Waals surface area contributed by atoms with E-state index in [4.69, 9.17) is 10.5 Å². The number of hydrogen-bond acceptors (Lipinski definition) is 4. The number of methoxy groups -OCH3 is 1. The molecule has 22 heavy (non-hydrogen) atoms. The molecule has 2 rings (SSSR count). The van der Waals surface area contributed by atoms with Crippen LogP contribution in [-0.2, 0) is 4.74 Å². The molecule has 6 heteroatoms. The predicted octanol–water partition coefficient (Wildman–Crippen LogP) is 3.41. The smallest absolute Gasteiger partial charge is 0.357 e. The molecule has 0 aliphatic carbocycles. The topological polar surface area (TPSA) is 81.0 Å². The Hall–Kier alpha value is -2.26. The molecule has 0 saturated carbocycles. The molecule has 0 aliphatic rings. The number of nitrogens with zero attached hydrogens (tertiary/aromatic N) is 2. The zero-order valence-electron chi connectivity index (χ0n) is 12.8. The van der Waals surface area contributed by atoms with Gasteiger partial charge in [0.05, 0.1) is 24.0 Å². The molecule has 0 unspecified atom stereocenters. The van der Waals surface area contributed by atoms with Crippen LogP contribution in [0, 0.1) is 32.1 Å². The van der Waals surface area contributed by atoms with Gasteiger partial charge in [0.2, 0.25) is 0 Å². The van der Waals surface area contributed by atoms with Gasteiger partial charge in [0.25, 0.3) is 0 Å². The van der Waals surface area contributed by atoms with E-state index in [-0.39, 0.29) is 16.9 Å². The van der Waals surface area contributed by atoms with Gasteiger partial charge in [0, 0.05) is 10.7 Å². The van der Waals surface area contributed by atoms with Crippen molar-refractivity contribution in [2.24, 2.45) is 0 Å². The second kappa shape index (κ2) is 5.85. The molecular formula is C16H16BrN3O2. The third-order valence-electron chi connectivity index (χ3n) is 3.62. The second-order valence-corrected chi connectivity index (χ2v) is 5.87. The molecule has 0 fully saturated rings. The van der Waals surface area contributed by atoms with Gasteiger partial charge < -0.3 is 15.0 Å². The van der Waals surface area contributed by atoms with Crippen LogP contribution < -0.4 is 5.73 Å². The van der Waals surface area contributed by atoms with Crippen LogP contribution in [0.3, 0.4) is 0 Å². The van der Waals surface area contributed by atoms with Gasteiger partial charge in [-0.2, -0.15) is 5.26 Å². The van der Waals surface area contributed by atoms with E-state index < -0.39 is 5.97 Å². The maximum absolute atomic E-state index is 12.1. The Morgan fingerprint density at radius 2 is 2.00 bits per heavy atom. The molecule has 0 amide bonds. The molecule has 2 N–H and O–H groups in total. The van der Waals surface area contributed by atoms with Crippen molar-refractivity contribution in [1.82, 2.24) is 4.57 Å². The standard InChI is InChI=1S/C16H16BrN3O2/c1-8-5-9(2)14(10(3)12(8)17)20-7-11(6-18)13(19)15(20)16(21)22-4/h5,7H,19H2,1-4H3. The third kappa shape index (κ3) is 2.38. The van der Waals surface area contributed by atoms with Gasteiger partial charge in [-0.15, -0.1) is 0 Å². The summed E-state index contributed by atoms with van der Waals surface area (Å²) in [7, 11) is 1.29. The lowest BCUT2D eigenvalue weighted by Gasteiger charge is -2.17. The number of rotatable bonds is 2. The fraction of sp³-hybridized carbons (Fsp3) is 0.250. The first-order chi connectivity index (χ1) is 10.3. The minimum atomic E-state index is -0.575. The van der Waals surface area contributed by atoms with Gasteiger partial charge in [-0.3, -0.25) is 0 Å². The van der Waals surface area contributed by atoms with Crippen molar-refractivity contribution in [3.63, 3.8) is 0 Å². The van der Waals surface area contributed by atoms with Gasteiger partial charge in [0.15, 0.2) is 5.69 Å².